The molecular formula is C33H17ClN2O11. The van der Waals surface area contributed by atoms with E-state index in [0.717, 1.165) is 52.5 Å². The number of nitrogens with zero attached hydrogens (tertiary/aromatic N) is 1. The van der Waals surface area contributed by atoms with Gasteiger partial charge < -0.3 is 29.8 Å². The van der Waals surface area contributed by atoms with Crippen molar-refractivity contribution in [3.63, 3.8) is 0 Å². The van der Waals surface area contributed by atoms with Gasteiger partial charge in [-0.2, -0.15) is 0 Å². The first-order valence-corrected chi connectivity index (χ1v) is 13.7. The molecule has 3 aromatic heterocycles. The molecule has 0 spiro atoms. The van der Waals surface area contributed by atoms with Gasteiger partial charge in [0.1, 0.15) is 0 Å². The Hall–Kier alpha value is -6.60. The number of fused-ring (bicyclic) bond motifs is 5. The summed E-state index contributed by atoms with van der Waals surface area (Å²) in [7, 11) is 0. The molecule has 0 saturated carbocycles. The van der Waals surface area contributed by atoms with Crippen LogP contribution in [0.1, 0.15) is 41.4 Å². The number of hydrogen-bond acceptors (Lipinski definition) is 8. The maximum absolute atomic E-state index is 13.1. The van der Waals surface area contributed by atoms with Gasteiger partial charge in [0, 0.05) is 26.6 Å². The SMILES string of the molecule is Clc1ccc2nc[nH]c2c1.O=C(O)c1ccc(C(=O)O)c2c3ccc(c(=O)oc(=O)c4ccc3c3c(C(=O)O)ccc(C(=O)O)c43)c12. The van der Waals surface area contributed by atoms with Crippen LogP contribution in [0.3, 0.4) is 0 Å². The summed E-state index contributed by atoms with van der Waals surface area (Å²) in [6.07, 6.45) is 1.65. The van der Waals surface area contributed by atoms with E-state index >= 15 is 0 Å². The zero-order valence-corrected chi connectivity index (χ0v) is 24.2. The van der Waals surface area contributed by atoms with Crippen LogP contribution in [-0.2, 0) is 0 Å². The Labute approximate surface area is 264 Å². The maximum atomic E-state index is 13.1. The molecule has 0 aliphatic rings. The molecule has 0 saturated heterocycles. The lowest BCUT2D eigenvalue weighted by Crippen LogP contribution is -2.10. The van der Waals surface area contributed by atoms with E-state index in [-0.39, 0.29) is 32.3 Å². The van der Waals surface area contributed by atoms with Crippen LogP contribution in [-0.4, -0.2) is 54.3 Å². The largest absolute Gasteiger partial charge is 0.478 e. The Morgan fingerprint density at radius 1 is 0.574 bits per heavy atom. The summed E-state index contributed by atoms with van der Waals surface area (Å²) in [4.78, 5) is 81.7. The third-order valence-corrected chi connectivity index (χ3v) is 7.78. The highest BCUT2D eigenvalue weighted by atomic mass is 35.5. The molecule has 3 heterocycles. The topological polar surface area (TPSA) is 225 Å². The van der Waals surface area contributed by atoms with Gasteiger partial charge in [-0.15, -0.1) is 0 Å². The van der Waals surface area contributed by atoms with Gasteiger partial charge in [0.15, 0.2) is 0 Å². The quantitative estimate of drug-likeness (QED) is 0.156. The van der Waals surface area contributed by atoms with Crippen molar-refractivity contribution in [2.75, 3.05) is 0 Å². The van der Waals surface area contributed by atoms with Gasteiger partial charge in [0.05, 0.1) is 50.4 Å². The Morgan fingerprint density at radius 3 is 1.36 bits per heavy atom. The van der Waals surface area contributed by atoms with Crippen LogP contribution in [0, 0.1) is 0 Å². The first kappa shape index (κ1) is 30.4. The normalized spacial score (nSPS) is 11.1. The van der Waals surface area contributed by atoms with Crippen molar-refractivity contribution < 1.29 is 44.0 Å². The molecule has 0 fully saturated rings. The Morgan fingerprint density at radius 2 is 0.957 bits per heavy atom. The second kappa shape index (κ2) is 11.4. The molecule has 0 unspecified atom stereocenters. The molecule has 13 nitrogen and oxygen atoms in total. The molecule has 8 rings (SSSR count). The number of aromatic nitrogens is 2. The smallest absolute Gasteiger partial charge is 0.346 e. The van der Waals surface area contributed by atoms with Crippen LogP contribution < -0.4 is 11.3 Å². The van der Waals surface area contributed by atoms with E-state index < -0.39 is 68.2 Å². The number of hydrogen-bond donors (Lipinski definition) is 5. The minimum absolute atomic E-state index is 0.00277. The van der Waals surface area contributed by atoms with Crippen molar-refractivity contribution in [2.45, 2.75) is 0 Å². The van der Waals surface area contributed by atoms with Crippen LogP contribution in [0.2, 0.25) is 5.02 Å². The summed E-state index contributed by atoms with van der Waals surface area (Å²) >= 11 is 5.73. The fraction of sp³-hybridized carbons (Fsp3) is 0. The van der Waals surface area contributed by atoms with E-state index in [1.165, 1.54) is 12.1 Å². The van der Waals surface area contributed by atoms with Gasteiger partial charge in [-0.05, 0) is 65.4 Å². The van der Waals surface area contributed by atoms with E-state index in [4.69, 9.17) is 16.0 Å². The van der Waals surface area contributed by atoms with Gasteiger partial charge in [0.2, 0.25) is 0 Å². The highest BCUT2D eigenvalue weighted by Gasteiger charge is 2.24. The average molecular weight is 653 g/mol. The minimum Gasteiger partial charge on any atom is -0.478 e. The number of carboxylic acids is 4. The molecule has 0 aliphatic carbocycles. The first-order chi connectivity index (χ1) is 22.4. The molecule has 0 aliphatic heterocycles. The van der Waals surface area contributed by atoms with Crippen LogP contribution >= 0.6 is 11.6 Å². The molecule has 47 heavy (non-hydrogen) atoms. The van der Waals surface area contributed by atoms with E-state index in [1.54, 1.807) is 6.33 Å². The van der Waals surface area contributed by atoms with Crippen molar-refractivity contribution in [3.8, 4) is 0 Å². The lowest BCUT2D eigenvalue weighted by molar-refractivity contribution is 0.0684. The average Bonchev–Trinajstić information content (AvgIpc) is 3.48. The molecule has 0 atom stereocenters. The fourth-order valence-electron chi connectivity index (χ4n) is 5.59. The van der Waals surface area contributed by atoms with Crippen molar-refractivity contribution in [2.24, 2.45) is 0 Å². The first-order valence-electron chi connectivity index (χ1n) is 13.4. The summed E-state index contributed by atoms with van der Waals surface area (Å²) in [5.74, 6) is -5.97. The van der Waals surface area contributed by atoms with Crippen LogP contribution in [0.4, 0.5) is 0 Å². The van der Waals surface area contributed by atoms with Gasteiger partial charge in [-0.1, -0.05) is 23.7 Å². The molecule has 14 heteroatoms. The second-order valence-electron chi connectivity index (χ2n) is 10.1. The summed E-state index contributed by atoms with van der Waals surface area (Å²) in [6.45, 7) is 0. The molecule has 0 amide bonds. The number of H-pyrrole nitrogens is 1. The molecule has 5 aromatic carbocycles. The van der Waals surface area contributed by atoms with Gasteiger partial charge in [0.25, 0.3) is 0 Å². The van der Waals surface area contributed by atoms with E-state index in [2.05, 4.69) is 9.97 Å². The standard InChI is InChI=1S/C26H12O11.C7H5ClN2/c27-21(28)11-3-5-13(23(31)32)19-15-7-1-9(17(11)19)10-2-8-16(26(36)37-25(15)35)20-14(24(33)34)6-4-12(18(10)20)22(29)30;8-5-1-2-6-7(3-5)10-4-9-6/h1-8H,(H,27,28)(H,29,30)(H,31,32)(H,33,34);1-4H,(H,9,10). The molecule has 8 aromatic rings. The van der Waals surface area contributed by atoms with Crippen molar-refractivity contribution in [3.05, 3.63) is 121 Å². The number of carboxylic acid groups (broad SMARTS) is 4. The highest BCUT2D eigenvalue weighted by Crippen LogP contribution is 2.37. The number of nitrogens with one attached hydrogen (secondary N) is 1. The summed E-state index contributed by atoms with van der Waals surface area (Å²) in [5, 5.41) is 38.2. The van der Waals surface area contributed by atoms with Crippen molar-refractivity contribution >= 4 is 89.6 Å². The molecule has 0 radical (unpaired) electrons. The lowest BCUT2D eigenvalue weighted by Gasteiger charge is -2.12. The molecule has 4 bridgehead atoms. The highest BCUT2D eigenvalue weighted by molar-refractivity contribution is 6.31. The maximum Gasteiger partial charge on any atom is 0.346 e. The number of carbonyl (C=O) groups is 4. The second-order valence-corrected chi connectivity index (χ2v) is 10.5. The van der Waals surface area contributed by atoms with E-state index in [0.29, 0.717) is 0 Å². The third kappa shape index (κ3) is 5.06. The summed E-state index contributed by atoms with van der Waals surface area (Å²) in [6, 6.07) is 14.4. The van der Waals surface area contributed by atoms with Crippen LogP contribution in [0.25, 0.3) is 54.1 Å². The van der Waals surface area contributed by atoms with Crippen molar-refractivity contribution in [1.29, 1.82) is 0 Å². The molecular weight excluding hydrogens is 636 g/mol. The Bertz CT molecular complexity index is 2510. The number of benzene rings is 5. The lowest BCUT2D eigenvalue weighted by atomic mass is 9.89. The predicted octanol–water partition coefficient (Wildman–Crippen LogP) is 5.62. The zero-order chi connectivity index (χ0) is 33.7. The zero-order valence-electron chi connectivity index (χ0n) is 23.4. The number of halogens is 1. The fourth-order valence-corrected chi connectivity index (χ4v) is 5.77. The van der Waals surface area contributed by atoms with Crippen LogP contribution in [0.15, 0.2) is 87.1 Å². The van der Waals surface area contributed by atoms with E-state index in [1.807, 2.05) is 18.2 Å². The molecule has 232 valence electrons. The third-order valence-electron chi connectivity index (χ3n) is 7.54. The monoisotopic (exact) mass is 652 g/mol. The van der Waals surface area contributed by atoms with E-state index in [9.17, 15) is 49.2 Å². The van der Waals surface area contributed by atoms with Gasteiger partial charge in [-0.3, -0.25) is 0 Å². The minimum atomic E-state index is -1.51. The molecule has 5 N–H and O–H groups in total. The number of aromatic carboxylic acids is 4. The Kier molecular flexibility index (Phi) is 7.38. The number of imidazole rings is 1. The predicted molar refractivity (Wildman–Crippen MR) is 170 cm³/mol. The van der Waals surface area contributed by atoms with Gasteiger partial charge >= 0.3 is 35.1 Å². The van der Waals surface area contributed by atoms with Crippen LogP contribution in [0.5, 0.6) is 0 Å². The number of aromatic amines is 1. The Balaban J connectivity index is 0.000000327. The van der Waals surface area contributed by atoms with Crippen molar-refractivity contribution in [1.82, 2.24) is 9.97 Å². The summed E-state index contributed by atoms with van der Waals surface area (Å²) < 4.78 is 4.97. The van der Waals surface area contributed by atoms with Gasteiger partial charge in [-0.25, -0.2) is 33.8 Å². The number of rotatable bonds is 4. The summed E-state index contributed by atoms with van der Waals surface area (Å²) in [5.41, 5.74) is -2.46.